The van der Waals surface area contributed by atoms with Crippen LogP contribution in [0.25, 0.3) is 0 Å². The second-order valence-electron chi connectivity index (χ2n) is 2.51. The first kappa shape index (κ1) is 16.6. The topological polar surface area (TPSA) is 107 Å². The Labute approximate surface area is 94.6 Å². The molecule has 0 unspecified atom stereocenters. The van der Waals surface area contributed by atoms with Gasteiger partial charge in [-0.15, -0.1) is 12.4 Å². The van der Waals surface area contributed by atoms with Crippen molar-refractivity contribution in [3.05, 3.63) is 0 Å². The van der Waals surface area contributed by atoms with Gasteiger partial charge in [0.25, 0.3) is 11.8 Å². The molecule has 0 aromatic carbocycles. The number of halogens is 1. The predicted molar refractivity (Wildman–Crippen MR) is 58.0 cm³/mol. The highest BCUT2D eigenvalue weighted by atomic mass is 35.5. The molecule has 0 aliphatic carbocycles. The van der Waals surface area contributed by atoms with Crippen molar-refractivity contribution in [2.24, 2.45) is 0 Å². The highest BCUT2D eigenvalue weighted by molar-refractivity contribution is 6.32. The summed E-state index contributed by atoms with van der Waals surface area (Å²) in [4.78, 5) is 0. The van der Waals surface area contributed by atoms with E-state index in [0.717, 1.165) is 0 Å². The molecule has 0 atom stereocenters. The molecule has 15 heavy (non-hydrogen) atoms. The third-order valence-corrected chi connectivity index (χ3v) is 1.30. The Bertz CT molecular complexity index is 169. The summed E-state index contributed by atoms with van der Waals surface area (Å²) in [5.41, 5.74) is 0. The molecular weight excluding hydrogens is 224 g/mol. The summed E-state index contributed by atoms with van der Waals surface area (Å²) in [6.07, 6.45) is 0.846. The first-order valence-corrected chi connectivity index (χ1v) is 4.37. The van der Waals surface area contributed by atoms with Gasteiger partial charge in [-0.3, -0.25) is 10.8 Å². The van der Waals surface area contributed by atoms with Crippen molar-refractivity contribution in [3.8, 4) is 0 Å². The summed E-state index contributed by atoms with van der Waals surface area (Å²) in [5.74, 6) is -0.701. The van der Waals surface area contributed by atoms with Crippen molar-refractivity contribution in [2.45, 2.75) is 12.8 Å². The van der Waals surface area contributed by atoms with E-state index in [4.69, 9.17) is 30.5 Å². The Morgan fingerprint density at radius 3 is 1.47 bits per heavy atom. The number of nitrogens with one attached hydrogen (secondary N) is 2. The fourth-order valence-corrected chi connectivity index (χ4v) is 0.609. The van der Waals surface area contributed by atoms with Crippen LogP contribution in [-0.4, -0.2) is 48.4 Å². The Morgan fingerprint density at radius 1 is 0.867 bits per heavy atom. The minimum absolute atomic E-state index is 0. The maximum absolute atomic E-state index is 8.43. The van der Waals surface area contributed by atoms with Crippen LogP contribution in [0.1, 0.15) is 12.8 Å². The number of aliphatic hydroxyl groups excluding tert-OH is 2. The number of ether oxygens (including phenoxy) is 2. The summed E-state index contributed by atoms with van der Waals surface area (Å²) in [7, 11) is 0. The van der Waals surface area contributed by atoms with Gasteiger partial charge in [0, 0.05) is 26.1 Å². The lowest BCUT2D eigenvalue weighted by atomic mass is 10.5. The summed E-state index contributed by atoms with van der Waals surface area (Å²) in [5, 5.41) is 31.2. The fraction of sp³-hybridized carbons (Fsp3) is 0.750. The van der Waals surface area contributed by atoms with Gasteiger partial charge in [-0.1, -0.05) is 0 Å². The van der Waals surface area contributed by atoms with E-state index in [2.05, 4.69) is 0 Å². The molecule has 6 nitrogen and oxygen atoms in total. The molecule has 0 spiro atoms. The number of aliphatic hydroxyl groups is 2. The van der Waals surface area contributed by atoms with Crippen LogP contribution in [0.5, 0.6) is 0 Å². The monoisotopic (exact) mass is 240 g/mol. The van der Waals surface area contributed by atoms with Gasteiger partial charge in [0.15, 0.2) is 0 Å². The van der Waals surface area contributed by atoms with Crippen molar-refractivity contribution in [1.29, 1.82) is 10.8 Å². The first-order chi connectivity index (χ1) is 6.72. The summed E-state index contributed by atoms with van der Waals surface area (Å²) >= 11 is 0. The van der Waals surface area contributed by atoms with Gasteiger partial charge in [-0.2, -0.15) is 0 Å². The smallest absolute Gasteiger partial charge is 0.269 e. The van der Waals surface area contributed by atoms with Crippen molar-refractivity contribution >= 4 is 24.2 Å². The average Bonchev–Trinajstić information content (AvgIpc) is 2.18. The molecule has 0 bridgehead atoms. The van der Waals surface area contributed by atoms with Gasteiger partial charge in [-0.05, 0) is 0 Å². The highest BCUT2D eigenvalue weighted by Crippen LogP contribution is 1.90. The zero-order chi connectivity index (χ0) is 10.8. The standard InChI is InChI=1S/C8H16N2O4.ClH/c9-7(13-5-1-3-11)8(10)14-6-2-4-12;/h9-12H,1-6H2;1H. The second kappa shape index (κ2) is 11.2. The summed E-state index contributed by atoms with van der Waals surface area (Å²) < 4.78 is 9.57. The lowest BCUT2D eigenvalue weighted by Crippen LogP contribution is -2.20. The SMILES string of the molecule is Cl.N=C(OCCCO)C(=N)OCCCO. The average molecular weight is 241 g/mol. The Kier molecular flexibility index (Phi) is 12.4. The largest absolute Gasteiger partial charge is 0.474 e. The molecule has 0 amide bonds. The maximum Gasteiger partial charge on any atom is 0.269 e. The molecule has 90 valence electrons. The lowest BCUT2D eigenvalue weighted by molar-refractivity contribution is 0.211. The lowest BCUT2D eigenvalue weighted by Gasteiger charge is -2.08. The zero-order valence-corrected chi connectivity index (χ0v) is 9.18. The molecule has 0 aliphatic heterocycles. The van der Waals surface area contributed by atoms with Crippen LogP contribution in [-0.2, 0) is 9.47 Å². The summed E-state index contributed by atoms with van der Waals surface area (Å²) in [6, 6.07) is 0. The molecule has 0 saturated heterocycles. The van der Waals surface area contributed by atoms with E-state index < -0.39 is 0 Å². The van der Waals surface area contributed by atoms with Crippen LogP contribution in [0, 0.1) is 10.8 Å². The van der Waals surface area contributed by atoms with Crippen molar-refractivity contribution in [2.75, 3.05) is 26.4 Å². The van der Waals surface area contributed by atoms with Gasteiger partial charge in [-0.25, -0.2) is 0 Å². The number of hydrogen-bond donors (Lipinski definition) is 4. The fourth-order valence-electron chi connectivity index (χ4n) is 0.609. The first-order valence-electron chi connectivity index (χ1n) is 4.37. The number of rotatable bonds is 6. The van der Waals surface area contributed by atoms with Crippen LogP contribution in [0.2, 0.25) is 0 Å². The van der Waals surface area contributed by atoms with Crippen LogP contribution in [0.15, 0.2) is 0 Å². The molecule has 0 aliphatic rings. The Balaban J connectivity index is 0. The third-order valence-electron chi connectivity index (χ3n) is 1.30. The van der Waals surface area contributed by atoms with Crippen LogP contribution in [0.4, 0.5) is 0 Å². The molecular formula is C8H17ClN2O4. The van der Waals surface area contributed by atoms with Crippen molar-refractivity contribution < 1.29 is 19.7 Å². The minimum Gasteiger partial charge on any atom is -0.474 e. The molecule has 0 aromatic rings. The van der Waals surface area contributed by atoms with E-state index >= 15 is 0 Å². The van der Waals surface area contributed by atoms with Gasteiger partial charge in [0.05, 0.1) is 13.2 Å². The quantitative estimate of drug-likeness (QED) is 0.301. The zero-order valence-electron chi connectivity index (χ0n) is 8.36. The van der Waals surface area contributed by atoms with E-state index in [1.165, 1.54) is 0 Å². The van der Waals surface area contributed by atoms with Crippen LogP contribution < -0.4 is 0 Å². The van der Waals surface area contributed by atoms with E-state index in [0.29, 0.717) is 12.8 Å². The van der Waals surface area contributed by atoms with Crippen LogP contribution in [0.3, 0.4) is 0 Å². The van der Waals surface area contributed by atoms with Gasteiger partial charge >= 0.3 is 0 Å². The molecule has 0 saturated carbocycles. The van der Waals surface area contributed by atoms with E-state index in [-0.39, 0.29) is 50.6 Å². The molecule has 0 rings (SSSR count). The van der Waals surface area contributed by atoms with Crippen LogP contribution >= 0.6 is 12.4 Å². The van der Waals surface area contributed by atoms with E-state index in [1.807, 2.05) is 0 Å². The molecule has 0 radical (unpaired) electrons. The molecule has 7 heteroatoms. The third kappa shape index (κ3) is 9.45. The van der Waals surface area contributed by atoms with Gasteiger partial charge in [0.1, 0.15) is 0 Å². The Morgan fingerprint density at radius 2 is 1.20 bits per heavy atom. The normalized spacial score (nSPS) is 8.93. The maximum atomic E-state index is 8.43. The highest BCUT2D eigenvalue weighted by Gasteiger charge is 2.07. The predicted octanol–water partition coefficient (Wildman–Crippen LogP) is 0.161. The van der Waals surface area contributed by atoms with E-state index in [9.17, 15) is 0 Å². The number of hydrogen-bond acceptors (Lipinski definition) is 6. The minimum atomic E-state index is -0.351. The molecule has 0 heterocycles. The Hall–Kier alpha value is -0.850. The van der Waals surface area contributed by atoms with Crippen molar-refractivity contribution in [3.63, 3.8) is 0 Å². The van der Waals surface area contributed by atoms with Gasteiger partial charge in [0.2, 0.25) is 0 Å². The van der Waals surface area contributed by atoms with Gasteiger partial charge < -0.3 is 19.7 Å². The molecule has 0 aromatic heterocycles. The molecule has 0 fully saturated rings. The van der Waals surface area contributed by atoms with Crippen molar-refractivity contribution in [1.82, 2.24) is 0 Å². The second-order valence-corrected chi connectivity index (χ2v) is 2.51. The summed E-state index contributed by atoms with van der Waals surface area (Å²) in [6.45, 7) is 0.375. The van der Waals surface area contributed by atoms with E-state index in [1.54, 1.807) is 0 Å². The molecule has 4 N–H and O–H groups in total.